The number of hydrogen-bond acceptors (Lipinski definition) is 4. The van der Waals surface area contributed by atoms with Crippen molar-refractivity contribution in [2.75, 3.05) is 26.6 Å². The molecule has 0 aliphatic heterocycles. The maximum absolute atomic E-state index is 12.5. The maximum atomic E-state index is 12.5. The number of hydrogen-bond donors (Lipinski definition) is 1. The Hall–Kier alpha value is -2.69. The second-order valence-corrected chi connectivity index (χ2v) is 5.49. The zero-order valence-electron chi connectivity index (χ0n) is 14.7. The second-order valence-electron chi connectivity index (χ2n) is 5.49. The number of aryl methyl sites for hydroxylation is 2. The summed E-state index contributed by atoms with van der Waals surface area (Å²) in [6, 6.07) is 9.49. The fourth-order valence-electron chi connectivity index (χ4n) is 2.67. The molecule has 2 aromatic carbocycles. The second kappa shape index (κ2) is 7.73. The first-order chi connectivity index (χ1) is 11.5. The number of amides is 1. The number of para-hydroxylation sites is 1. The molecule has 0 atom stereocenters. The quantitative estimate of drug-likeness (QED) is 0.881. The molecule has 128 valence electrons. The topological polar surface area (TPSA) is 56.8 Å². The van der Waals surface area contributed by atoms with E-state index in [1.807, 2.05) is 38.1 Å². The van der Waals surface area contributed by atoms with E-state index >= 15 is 0 Å². The normalized spacial score (nSPS) is 10.2. The summed E-state index contributed by atoms with van der Waals surface area (Å²) in [4.78, 5) is 12.5. The molecule has 0 aliphatic carbocycles. The molecule has 0 aliphatic rings. The summed E-state index contributed by atoms with van der Waals surface area (Å²) in [7, 11) is 4.65. The summed E-state index contributed by atoms with van der Waals surface area (Å²) < 4.78 is 16.0. The molecule has 2 aromatic rings. The lowest BCUT2D eigenvalue weighted by atomic mass is 10.1. The summed E-state index contributed by atoms with van der Waals surface area (Å²) >= 11 is 0. The van der Waals surface area contributed by atoms with Crippen molar-refractivity contribution in [3.05, 3.63) is 47.0 Å². The average Bonchev–Trinajstić information content (AvgIpc) is 2.57. The Kier molecular flexibility index (Phi) is 5.68. The Morgan fingerprint density at radius 1 is 0.917 bits per heavy atom. The average molecular weight is 329 g/mol. The van der Waals surface area contributed by atoms with Crippen LogP contribution in [0.3, 0.4) is 0 Å². The maximum Gasteiger partial charge on any atom is 0.228 e. The highest BCUT2D eigenvalue weighted by molar-refractivity contribution is 5.94. The van der Waals surface area contributed by atoms with Gasteiger partial charge in [-0.25, -0.2) is 0 Å². The molecule has 0 unspecified atom stereocenters. The van der Waals surface area contributed by atoms with E-state index in [4.69, 9.17) is 14.2 Å². The summed E-state index contributed by atoms with van der Waals surface area (Å²) in [6.07, 6.45) is 0.178. The zero-order valence-corrected chi connectivity index (χ0v) is 14.7. The minimum Gasteiger partial charge on any atom is -0.493 e. The van der Waals surface area contributed by atoms with E-state index in [-0.39, 0.29) is 12.3 Å². The van der Waals surface area contributed by atoms with Crippen LogP contribution in [0.2, 0.25) is 0 Å². The number of carbonyl (C=O) groups is 1. The van der Waals surface area contributed by atoms with Crippen LogP contribution < -0.4 is 19.5 Å². The molecule has 24 heavy (non-hydrogen) atoms. The van der Waals surface area contributed by atoms with Gasteiger partial charge in [-0.3, -0.25) is 4.79 Å². The molecule has 0 saturated carbocycles. The van der Waals surface area contributed by atoms with Crippen molar-refractivity contribution < 1.29 is 19.0 Å². The molecular formula is C19H23NO4. The smallest absolute Gasteiger partial charge is 0.228 e. The molecule has 0 fully saturated rings. The van der Waals surface area contributed by atoms with Gasteiger partial charge < -0.3 is 19.5 Å². The van der Waals surface area contributed by atoms with E-state index < -0.39 is 0 Å². The van der Waals surface area contributed by atoms with E-state index in [0.717, 1.165) is 22.4 Å². The van der Waals surface area contributed by atoms with Crippen molar-refractivity contribution in [1.82, 2.24) is 0 Å². The van der Waals surface area contributed by atoms with Gasteiger partial charge in [0.05, 0.1) is 27.8 Å². The minimum absolute atomic E-state index is 0.113. The van der Waals surface area contributed by atoms with Gasteiger partial charge >= 0.3 is 0 Å². The minimum atomic E-state index is -0.113. The number of anilines is 1. The molecule has 2 rings (SSSR count). The lowest BCUT2D eigenvalue weighted by Crippen LogP contribution is -2.16. The Balaban J connectivity index is 2.26. The fourth-order valence-corrected chi connectivity index (χ4v) is 2.67. The number of rotatable bonds is 6. The predicted molar refractivity (Wildman–Crippen MR) is 94.3 cm³/mol. The number of methoxy groups -OCH3 is 3. The molecule has 5 heteroatoms. The molecule has 0 aromatic heterocycles. The molecule has 0 bridgehead atoms. The first-order valence-electron chi connectivity index (χ1n) is 7.65. The van der Waals surface area contributed by atoms with Crippen molar-refractivity contribution >= 4 is 11.6 Å². The van der Waals surface area contributed by atoms with Crippen LogP contribution in [-0.4, -0.2) is 27.2 Å². The van der Waals surface area contributed by atoms with E-state index in [1.54, 1.807) is 27.4 Å². The van der Waals surface area contributed by atoms with Gasteiger partial charge in [-0.1, -0.05) is 24.3 Å². The van der Waals surface area contributed by atoms with Crippen LogP contribution in [0.15, 0.2) is 30.3 Å². The number of carbonyl (C=O) groups excluding carboxylic acids is 1. The van der Waals surface area contributed by atoms with E-state index in [1.165, 1.54) is 0 Å². The van der Waals surface area contributed by atoms with Crippen molar-refractivity contribution in [3.8, 4) is 17.2 Å². The first-order valence-corrected chi connectivity index (χ1v) is 7.65. The Morgan fingerprint density at radius 2 is 1.54 bits per heavy atom. The van der Waals surface area contributed by atoms with Gasteiger partial charge in [-0.2, -0.15) is 0 Å². The summed E-state index contributed by atoms with van der Waals surface area (Å²) in [5.74, 6) is 1.44. The fraction of sp³-hybridized carbons (Fsp3) is 0.316. The Morgan fingerprint density at radius 3 is 2.08 bits per heavy atom. The summed E-state index contributed by atoms with van der Waals surface area (Å²) in [5, 5.41) is 2.98. The highest BCUT2D eigenvalue weighted by Crippen LogP contribution is 2.40. The van der Waals surface area contributed by atoms with Gasteiger partial charge in [0, 0.05) is 11.3 Å². The van der Waals surface area contributed by atoms with Crippen molar-refractivity contribution in [2.45, 2.75) is 20.3 Å². The molecule has 1 N–H and O–H groups in total. The lowest BCUT2D eigenvalue weighted by Gasteiger charge is -2.16. The van der Waals surface area contributed by atoms with E-state index in [2.05, 4.69) is 5.32 Å². The highest BCUT2D eigenvalue weighted by atomic mass is 16.5. The Bertz CT molecular complexity index is 720. The lowest BCUT2D eigenvalue weighted by molar-refractivity contribution is -0.115. The molecule has 5 nitrogen and oxygen atoms in total. The van der Waals surface area contributed by atoms with Crippen LogP contribution in [0.1, 0.15) is 16.7 Å². The van der Waals surface area contributed by atoms with Crippen LogP contribution >= 0.6 is 0 Å². The van der Waals surface area contributed by atoms with Crippen LogP contribution in [0.4, 0.5) is 5.69 Å². The van der Waals surface area contributed by atoms with E-state index in [0.29, 0.717) is 17.2 Å². The van der Waals surface area contributed by atoms with Crippen molar-refractivity contribution in [1.29, 1.82) is 0 Å². The molecule has 1 amide bonds. The van der Waals surface area contributed by atoms with E-state index in [9.17, 15) is 4.79 Å². The van der Waals surface area contributed by atoms with Gasteiger partial charge in [0.25, 0.3) is 0 Å². The monoisotopic (exact) mass is 329 g/mol. The molecule has 0 spiro atoms. The molecular weight excluding hydrogens is 306 g/mol. The Labute approximate surface area is 142 Å². The number of ether oxygens (including phenoxy) is 3. The van der Waals surface area contributed by atoms with Crippen molar-refractivity contribution in [3.63, 3.8) is 0 Å². The van der Waals surface area contributed by atoms with Gasteiger partial charge in [-0.15, -0.1) is 0 Å². The highest BCUT2D eigenvalue weighted by Gasteiger charge is 2.18. The standard InChI is InChI=1S/C19H23NO4/c1-12-7-6-8-13(2)17(12)20-16(21)11-14-9-10-15(22-3)19(24-5)18(14)23-4/h6-10H,11H2,1-5H3,(H,20,21). The van der Waals surface area contributed by atoms with Crippen LogP contribution in [0.5, 0.6) is 17.2 Å². The number of benzene rings is 2. The predicted octanol–water partition coefficient (Wildman–Crippen LogP) is 3.51. The van der Waals surface area contributed by atoms with Gasteiger partial charge in [-0.05, 0) is 31.0 Å². The van der Waals surface area contributed by atoms with Crippen LogP contribution in [0.25, 0.3) is 0 Å². The number of nitrogens with one attached hydrogen (secondary N) is 1. The first kappa shape index (κ1) is 17.7. The molecule has 0 radical (unpaired) electrons. The van der Waals surface area contributed by atoms with Gasteiger partial charge in [0.2, 0.25) is 11.7 Å². The third-order valence-electron chi connectivity index (χ3n) is 3.88. The largest absolute Gasteiger partial charge is 0.493 e. The third kappa shape index (κ3) is 3.62. The summed E-state index contributed by atoms with van der Waals surface area (Å²) in [6.45, 7) is 3.94. The third-order valence-corrected chi connectivity index (χ3v) is 3.88. The SMILES string of the molecule is COc1ccc(CC(=O)Nc2c(C)cccc2C)c(OC)c1OC. The van der Waals surface area contributed by atoms with Gasteiger partial charge in [0.15, 0.2) is 11.5 Å². The van der Waals surface area contributed by atoms with Crippen LogP contribution in [0, 0.1) is 13.8 Å². The van der Waals surface area contributed by atoms with Crippen molar-refractivity contribution in [2.24, 2.45) is 0 Å². The van der Waals surface area contributed by atoms with Crippen LogP contribution in [-0.2, 0) is 11.2 Å². The summed E-state index contributed by atoms with van der Waals surface area (Å²) in [5.41, 5.74) is 3.64. The molecule has 0 saturated heterocycles. The van der Waals surface area contributed by atoms with Gasteiger partial charge in [0.1, 0.15) is 0 Å². The zero-order chi connectivity index (χ0) is 17.7. The molecule has 0 heterocycles.